The van der Waals surface area contributed by atoms with Gasteiger partial charge in [-0.1, -0.05) is 107 Å². The van der Waals surface area contributed by atoms with Gasteiger partial charge in [-0.15, -0.1) is 23.6 Å². The van der Waals surface area contributed by atoms with Crippen molar-refractivity contribution in [3.8, 4) is 11.3 Å². The van der Waals surface area contributed by atoms with Crippen LogP contribution >= 0.6 is 0 Å². The second kappa shape index (κ2) is 11.5. The Bertz CT molecular complexity index is 2160. The van der Waals surface area contributed by atoms with Gasteiger partial charge in [0.05, 0.1) is 0 Å². The molecule has 1 aliphatic heterocycles. The third-order valence-corrected chi connectivity index (χ3v) is 10.4. The summed E-state index contributed by atoms with van der Waals surface area (Å²) < 4.78 is 32.4. The molecule has 231 valence electrons. The van der Waals surface area contributed by atoms with Crippen molar-refractivity contribution in [2.45, 2.75) is 41.5 Å². The molecule has 1 aliphatic rings. The third-order valence-electron chi connectivity index (χ3n) is 8.25. The normalized spacial score (nSPS) is 14.1. The number of hydrogen-bond donors (Lipinski definition) is 1. The number of nitrogens with zero attached hydrogens (tertiary/aromatic N) is 1. The van der Waals surface area contributed by atoms with Crippen LogP contribution in [-0.4, -0.2) is 24.6 Å². The summed E-state index contributed by atoms with van der Waals surface area (Å²) in [7, 11) is -4.96. The largest absolute Gasteiger partial charge is 0.512 e. The summed E-state index contributed by atoms with van der Waals surface area (Å²) in [6.07, 6.45) is 3.06. The van der Waals surface area contributed by atoms with Crippen LogP contribution in [0.25, 0.3) is 54.3 Å². The fraction of sp³-hybridized carbons (Fsp3) is 0.211. The van der Waals surface area contributed by atoms with E-state index in [1.54, 1.807) is 18.3 Å². The number of allylic oxidation sites excluding steroid dienone is 2. The number of aromatic nitrogens is 1. The van der Waals surface area contributed by atoms with Gasteiger partial charge in [-0.05, 0) is 49.6 Å². The Morgan fingerprint density at radius 3 is 2.13 bits per heavy atom. The molecule has 0 fully saturated rings. The molecular formula is C38H34F2IrNO2Si-. The molecule has 2 heterocycles. The first-order valence-corrected chi connectivity index (χ1v) is 16.5. The van der Waals surface area contributed by atoms with E-state index in [2.05, 4.69) is 17.1 Å². The third kappa shape index (κ3) is 5.74. The van der Waals surface area contributed by atoms with Gasteiger partial charge in [-0.2, -0.15) is 0 Å². The number of carbonyl (C=O) groups is 1. The number of rotatable bonds is 1. The number of fused-ring (bicyclic) bond motifs is 7. The van der Waals surface area contributed by atoms with Crippen LogP contribution in [0.2, 0.25) is 0 Å². The predicted octanol–water partition coefficient (Wildman–Crippen LogP) is 9.06. The molecule has 0 atom stereocenters. The van der Waals surface area contributed by atoms with Crippen molar-refractivity contribution < 1.29 is 38.2 Å². The number of aliphatic hydroxyl groups is 1. The molecule has 1 radical (unpaired) electrons. The second-order valence-electron chi connectivity index (χ2n) is 13.5. The molecule has 3 nitrogen and oxygen atoms in total. The molecule has 0 bridgehead atoms. The fourth-order valence-electron chi connectivity index (χ4n) is 5.60. The van der Waals surface area contributed by atoms with E-state index in [0.29, 0.717) is 16.6 Å². The summed E-state index contributed by atoms with van der Waals surface area (Å²) in [5.74, 6) is 0.104. The first-order valence-electron chi connectivity index (χ1n) is 14.7. The summed E-state index contributed by atoms with van der Waals surface area (Å²) in [4.78, 5) is 16.1. The molecule has 6 aromatic rings. The molecule has 7 heteroatoms. The number of halogens is 2. The van der Waals surface area contributed by atoms with Crippen molar-refractivity contribution in [3.05, 3.63) is 103 Å². The Kier molecular flexibility index (Phi) is 8.37. The maximum atomic E-state index is 16.2. The Labute approximate surface area is 276 Å². The van der Waals surface area contributed by atoms with Gasteiger partial charge in [-0.25, -0.2) is 0 Å². The van der Waals surface area contributed by atoms with Gasteiger partial charge in [-0.3, -0.25) is 18.0 Å². The number of pyridine rings is 1. The van der Waals surface area contributed by atoms with E-state index in [4.69, 9.17) is 0 Å². The Morgan fingerprint density at radius 1 is 0.778 bits per heavy atom. The number of hydrogen-bond acceptors (Lipinski definition) is 3. The molecule has 0 unspecified atom stereocenters. The average molecular weight is 795 g/mol. The number of benzene rings is 5. The summed E-state index contributed by atoms with van der Waals surface area (Å²) in [5.41, 5.74) is 0.301. The first-order chi connectivity index (χ1) is 20.7. The first kappa shape index (κ1) is 32.6. The molecule has 45 heavy (non-hydrogen) atoms. The zero-order valence-electron chi connectivity index (χ0n) is 26.1. The van der Waals surface area contributed by atoms with E-state index in [-0.39, 0.29) is 47.4 Å². The zero-order chi connectivity index (χ0) is 31.6. The standard InChI is InChI=1S/C27H14F2NSi.C11H20O2.Ir/c28-31(29)24-14-18-7-2-1-6-17(18)13-23(24)27-26-21(11-12-30-27)20-10-9-16-5-3-4-8-19(16)22(20)15-25(26)31;1-10(2,3)8(12)7-9(13)11(4,5)6;/h1-12,14-15H;7,12H,1-6H3;/q-1;;/b;8-7-;. The van der Waals surface area contributed by atoms with E-state index in [0.717, 1.165) is 37.7 Å². The van der Waals surface area contributed by atoms with Gasteiger partial charge in [0.2, 0.25) is 0 Å². The van der Waals surface area contributed by atoms with Crippen LogP contribution in [0, 0.1) is 16.9 Å². The number of ketones is 1. The van der Waals surface area contributed by atoms with Crippen LogP contribution in [-0.2, 0) is 24.9 Å². The second-order valence-corrected chi connectivity index (χ2v) is 15.7. The zero-order valence-corrected chi connectivity index (χ0v) is 29.4. The molecule has 7 rings (SSSR count). The Balaban J connectivity index is 0.000000246. The van der Waals surface area contributed by atoms with E-state index in [1.165, 1.54) is 6.08 Å². The quantitative estimate of drug-likeness (QED) is 0.0452. The van der Waals surface area contributed by atoms with E-state index in [1.807, 2.05) is 102 Å². The van der Waals surface area contributed by atoms with E-state index in [9.17, 15) is 9.90 Å². The molecule has 0 aliphatic carbocycles. The van der Waals surface area contributed by atoms with Crippen LogP contribution in [0.3, 0.4) is 0 Å². The minimum Gasteiger partial charge on any atom is -0.512 e. The van der Waals surface area contributed by atoms with Crippen molar-refractivity contribution in [1.29, 1.82) is 0 Å². The van der Waals surface area contributed by atoms with Gasteiger partial charge in [0, 0.05) is 54.1 Å². The van der Waals surface area contributed by atoms with Crippen LogP contribution < -0.4 is 10.4 Å². The van der Waals surface area contributed by atoms with Gasteiger partial charge in [0.1, 0.15) is 5.76 Å². The predicted molar refractivity (Wildman–Crippen MR) is 180 cm³/mol. The topological polar surface area (TPSA) is 50.2 Å². The molecule has 1 aromatic heterocycles. The van der Waals surface area contributed by atoms with Crippen molar-refractivity contribution >= 4 is 68.0 Å². The van der Waals surface area contributed by atoms with Crippen molar-refractivity contribution in [3.63, 3.8) is 0 Å². The van der Waals surface area contributed by atoms with Crippen molar-refractivity contribution in [1.82, 2.24) is 4.98 Å². The fourth-order valence-corrected chi connectivity index (χ4v) is 7.62. The van der Waals surface area contributed by atoms with Gasteiger partial charge in [0.25, 0.3) is 0 Å². The summed E-state index contributed by atoms with van der Waals surface area (Å²) in [5, 5.41) is 16.8. The van der Waals surface area contributed by atoms with Gasteiger partial charge < -0.3 is 5.11 Å². The minimum atomic E-state index is -4.96. The number of carbonyl (C=O) groups excluding carboxylic acids is 1. The molecule has 0 spiro atoms. The van der Waals surface area contributed by atoms with Crippen molar-refractivity contribution in [2.75, 3.05) is 0 Å². The van der Waals surface area contributed by atoms with Crippen LogP contribution in [0.1, 0.15) is 41.5 Å². The SMILES string of the molecule is CC(C)(C)C(=O)/C=C(\O)C(C)(C)C.F[Si]1(F)c2cc3ccccc3[c-]c2-c2nccc3c2c1cc1c2ccccc2ccc31.[Ir]. The van der Waals surface area contributed by atoms with Gasteiger partial charge >= 0.3 is 8.74 Å². The Morgan fingerprint density at radius 2 is 1.44 bits per heavy atom. The Hall–Kier alpha value is -3.77. The molecule has 5 aromatic carbocycles. The summed E-state index contributed by atoms with van der Waals surface area (Å²) >= 11 is 0. The molecule has 1 N–H and O–H groups in total. The maximum absolute atomic E-state index is 16.2. The molecular weight excluding hydrogens is 761 g/mol. The number of aliphatic hydroxyl groups excluding tert-OH is 1. The van der Waals surface area contributed by atoms with Crippen LogP contribution in [0.4, 0.5) is 8.22 Å². The molecule has 0 saturated carbocycles. The van der Waals surface area contributed by atoms with Crippen LogP contribution in [0.15, 0.2) is 96.9 Å². The summed E-state index contributed by atoms with van der Waals surface area (Å²) in [6, 6.07) is 28.2. The maximum Gasteiger partial charge on any atom is 0.451 e. The van der Waals surface area contributed by atoms with Gasteiger partial charge in [0.15, 0.2) is 5.78 Å². The monoisotopic (exact) mass is 795 g/mol. The van der Waals surface area contributed by atoms with E-state index < -0.39 is 14.2 Å². The molecule has 0 saturated heterocycles. The smallest absolute Gasteiger partial charge is 0.451 e. The molecule has 0 amide bonds. The van der Waals surface area contributed by atoms with Crippen LogP contribution in [0.5, 0.6) is 0 Å². The van der Waals surface area contributed by atoms with E-state index >= 15 is 8.22 Å². The van der Waals surface area contributed by atoms with Crippen molar-refractivity contribution in [2.24, 2.45) is 10.8 Å². The summed E-state index contributed by atoms with van der Waals surface area (Å²) in [6.45, 7) is 11.1. The average Bonchev–Trinajstić information content (AvgIpc) is 2.98. The minimum absolute atomic E-state index is 0.